The van der Waals surface area contributed by atoms with Crippen LogP contribution < -0.4 is 5.32 Å². The van der Waals surface area contributed by atoms with Gasteiger partial charge in [0.1, 0.15) is 12.2 Å². The molecule has 1 amide bonds. The summed E-state index contributed by atoms with van der Waals surface area (Å²) in [4.78, 5) is 24.5. The fraction of sp³-hybridized carbons (Fsp3) is 0.882. The number of hydrogen-bond donors (Lipinski definition) is 2. The smallest absolute Gasteiger partial charge is 0.331 e. The number of ether oxygens (including phenoxy) is 1. The summed E-state index contributed by atoms with van der Waals surface area (Å²) < 4.78 is 18.9. The first kappa shape index (κ1) is 40.0. The molecule has 7 nitrogen and oxygen atoms in total. The molecule has 1 rings (SSSR count). The van der Waals surface area contributed by atoms with Crippen molar-refractivity contribution in [2.45, 2.75) is 193 Å². The lowest BCUT2D eigenvalue weighted by atomic mass is 10.0. The summed E-state index contributed by atoms with van der Waals surface area (Å²) in [6.45, 7) is 25.8. The van der Waals surface area contributed by atoms with E-state index < -0.39 is 47.0 Å². The average Bonchev–Trinajstić information content (AvgIpc) is 3.15. The van der Waals surface area contributed by atoms with E-state index in [0.29, 0.717) is 6.10 Å². The third kappa shape index (κ3) is 13.5. The van der Waals surface area contributed by atoms with Gasteiger partial charge in [0.05, 0.1) is 0 Å². The molecule has 0 aromatic carbocycles. The first-order valence-corrected chi connectivity index (χ1v) is 22.7. The van der Waals surface area contributed by atoms with Crippen molar-refractivity contribution in [3.63, 3.8) is 0 Å². The van der Waals surface area contributed by atoms with Gasteiger partial charge in [0.25, 0.3) is 0 Å². The molecule has 1 fully saturated rings. The van der Waals surface area contributed by atoms with Crippen LogP contribution in [0.1, 0.15) is 126 Å². The first-order valence-electron chi connectivity index (χ1n) is 16.9. The third-order valence-corrected chi connectivity index (χ3v) is 18.7. The Balaban J connectivity index is 2.64. The van der Waals surface area contributed by atoms with Crippen LogP contribution in [0.4, 0.5) is 0 Å². The van der Waals surface area contributed by atoms with Crippen molar-refractivity contribution in [3.8, 4) is 0 Å². The number of nitrogens with one attached hydrogen (secondary N) is 1. The number of rotatable bonds is 19. The zero-order valence-electron chi connectivity index (χ0n) is 29.8. The Hall–Kier alpha value is -1.01. The molecular formula is C34H67NO6Si2. The standard InChI is InChI=1S/C34H67NO6Si2/c1-13-14-15-20-23-27(40-42(9,10)33(3,4)5)24-21-18-16-17-19-22-25-28(37)30-31(41-43(11,12)34(6,7)8)29(32(38)39-30)35-26(2)36/h22,25,27-31,37H,13-21,23-24H2,1-12H3,(H,35,36)/b25-22+/t27-,28?,29-,30+,31+/m0/s1. The molecule has 1 saturated heterocycles. The quantitative estimate of drug-likeness (QED) is 0.0636. The van der Waals surface area contributed by atoms with E-state index in [9.17, 15) is 14.7 Å². The largest absolute Gasteiger partial charge is 0.455 e. The number of amides is 1. The number of unbranched alkanes of at least 4 members (excludes halogenated alkanes) is 7. The monoisotopic (exact) mass is 641 g/mol. The molecule has 1 unspecified atom stereocenters. The SMILES string of the molecule is CCCCCC[C@@H](CCCCCC/C=C/C(O)[C@H]1OC(=O)[C@@H](NC(C)=O)[C@H]1O[Si](C)(C)C(C)(C)C)O[Si](C)(C)C(C)(C)C. The van der Waals surface area contributed by atoms with Crippen molar-refractivity contribution < 1.29 is 28.3 Å². The molecule has 0 radical (unpaired) electrons. The summed E-state index contributed by atoms with van der Waals surface area (Å²) in [5.74, 6) is -0.886. The maximum atomic E-state index is 12.7. The summed E-state index contributed by atoms with van der Waals surface area (Å²) >= 11 is 0. The lowest BCUT2D eigenvalue weighted by Crippen LogP contribution is -2.55. The fourth-order valence-electron chi connectivity index (χ4n) is 4.86. The van der Waals surface area contributed by atoms with Gasteiger partial charge in [-0.15, -0.1) is 0 Å². The number of cyclic esters (lactones) is 1. The number of carbonyl (C=O) groups excluding carboxylic acids is 2. The van der Waals surface area contributed by atoms with E-state index in [1.807, 2.05) is 6.08 Å². The Morgan fingerprint density at radius 2 is 1.47 bits per heavy atom. The lowest BCUT2D eigenvalue weighted by molar-refractivity contribution is -0.146. The van der Waals surface area contributed by atoms with Gasteiger partial charge in [0.2, 0.25) is 5.91 Å². The molecule has 9 heteroatoms. The van der Waals surface area contributed by atoms with Crippen LogP contribution in [-0.2, 0) is 23.2 Å². The molecule has 43 heavy (non-hydrogen) atoms. The van der Waals surface area contributed by atoms with Crippen molar-refractivity contribution >= 4 is 28.5 Å². The van der Waals surface area contributed by atoms with E-state index in [1.54, 1.807) is 6.08 Å². The number of aliphatic hydroxyl groups excluding tert-OH is 1. The Kier molecular flexibility index (Phi) is 16.4. The Bertz CT molecular complexity index is 877. The van der Waals surface area contributed by atoms with E-state index in [1.165, 1.54) is 51.9 Å². The molecule has 252 valence electrons. The summed E-state index contributed by atoms with van der Waals surface area (Å²) in [5, 5.41) is 13.8. The minimum atomic E-state index is -2.31. The van der Waals surface area contributed by atoms with Gasteiger partial charge in [-0.25, -0.2) is 4.79 Å². The van der Waals surface area contributed by atoms with Crippen molar-refractivity contribution in [1.29, 1.82) is 0 Å². The average molecular weight is 642 g/mol. The van der Waals surface area contributed by atoms with Crippen LogP contribution in [0.2, 0.25) is 36.3 Å². The van der Waals surface area contributed by atoms with Gasteiger partial charge in [0.15, 0.2) is 28.8 Å². The second-order valence-corrected chi connectivity index (χ2v) is 25.2. The van der Waals surface area contributed by atoms with Crippen LogP contribution in [0.15, 0.2) is 12.2 Å². The van der Waals surface area contributed by atoms with Gasteiger partial charge < -0.3 is 24.0 Å². The number of aliphatic hydroxyl groups is 1. The Morgan fingerprint density at radius 1 is 0.930 bits per heavy atom. The molecule has 0 bridgehead atoms. The normalized spacial score (nSPS) is 21.7. The van der Waals surface area contributed by atoms with Gasteiger partial charge in [-0.1, -0.05) is 106 Å². The second kappa shape index (κ2) is 17.6. The highest BCUT2D eigenvalue weighted by molar-refractivity contribution is 6.74. The van der Waals surface area contributed by atoms with Gasteiger partial charge in [-0.05, 0) is 61.9 Å². The molecule has 0 aromatic heterocycles. The van der Waals surface area contributed by atoms with Crippen LogP contribution >= 0.6 is 0 Å². The zero-order chi connectivity index (χ0) is 33.1. The van der Waals surface area contributed by atoms with Crippen molar-refractivity contribution in [3.05, 3.63) is 12.2 Å². The molecule has 5 atom stereocenters. The van der Waals surface area contributed by atoms with E-state index in [-0.39, 0.29) is 16.0 Å². The molecule has 1 aliphatic rings. The maximum Gasteiger partial charge on any atom is 0.331 e. The third-order valence-electron chi connectivity index (χ3n) is 9.72. The lowest BCUT2D eigenvalue weighted by Gasteiger charge is -2.40. The molecule has 1 heterocycles. The van der Waals surface area contributed by atoms with Gasteiger partial charge in [0, 0.05) is 13.0 Å². The molecule has 0 aliphatic carbocycles. The zero-order valence-corrected chi connectivity index (χ0v) is 31.8. The molecule has 0 saturated carbocycles. The molecular weight excluding hydrogens is 575 g/mol. The van der Waals surface area contributed by atoms with E-state index in [0.717, 1.165) is 25.7 Å². The fourth-order valence-corrected chi connectivity index (χ4v) is 7.59. The number of esters is 1. The Labute approximate surface area is 266 Å². The van der Waals surface area contributed by atoms with Crippen molar-refractivity contribution in [2.24, 2.45) is 0 Å². The van der Waals surface area contributed by atoms with E-state index in [4.69, 9.17) is 13.6 Å². The molecule has 1 aliphatic heterocycles. The van der Waals surface area contributed by atoms with Crippen LogP contribution in [-0.4, -0.2) is 64.1 Å². The van der Waals surface area contributed by atoms with Crippen LogP contribution in [0.5, 0.6) is 0 Å². The summed E-state index contributed by atoms with van der Waals surface area (Å²) in [6.07, 6.45) is 14.2. The van der Waals surface area contributed by atoms with Crippen LogP contribution in [0.25, 0.3) is 0 Å². The van der Waals surface area contributed by atoms with Crippen LogP contribution in [0.3, 0.4) is 0 Å². The summed E-state index contributed by atoms with van der Waals surface area (Å²) in [5.41, 5.74) is 0. The molecule has 0 aromatic rings. The maximum absolute atomic E-state index is 12.7. The van der Waals surface area contributed by atoms with Gasteiger partial charge >= 0.3 is 5.97 Å². The minimum Gasteiger partial charge on any atom is -0.455 e. The highest BCUT2D eigenvalue weighted by Crippen LogP contribution is 2.40. The highest BCUT2D eigenvalue weighted by atomic mass is 28.4. The van der Waals surface area contributed by atoms with Gasteiger partial charge in [-0.3, -0.25) is 4.79 Å². The number of carbonyl (C=O) groups is 2. The predicted molar refractivity (Wildman–Crippen MR) is 183 cm³/mol. The first-order chi connectivity index (χ1) is 19.7. The summed E-state index contributed by atoms with van der Waals surface area (Å²) in [7, 11) is -4.09. The summed E-state index contributed by atoms with van der Waals surface area (Å²) in [6, 6.07) is -0.921. The molecule has 2 N–H and O–H groups in total. The van der Waals surface area contributed by atoms with Crippen molar-refractivity contribution in [2.75, 3.05) is 0 Å². The topological polar surface area (TPSA) is 94.1 Å². The van der Waals surface area contributed by atoms with Crippen molar-refractivity contribution in [1.82, 2.24) is 5.32 Å². The highest BCUT2D eigenvalue weighted by Gasteiger charge is 2.52. The molecule has 0 spiro atoms. The van der Waals surface area contributed by atoms with E-state index in [2.05, 4.69) is 80.0 Å². The minimum absolute atomic E-state index is 0.101. The van der Waals surface area contributed by atoms with Gasteiger partial charge in [-0.2, -0.15) is 0 Å². The van der Waals surface area contributed by atoms with Crippen LogP contribution in [0, 0.1) is 0 Å². The second-order valence-electron chi connectivity index (χ2n) is 15.7. The Morgan fingerprint density at radius 3 is 1.98 bits per heavy atom. The number of allylic oxidation sites excluding steroid dienone is 1. The number of hydrogen-bond acceptors (Lipinski definition) is 6. The predicted octanol–water partition coefficient (Wildman–Crippen LogP) is 8.43. The van der Waals surface area contributed by atoms with E-state index >= 15 is 0 Å².